The van der Waals surface area contributed by atoms with Gasteiger partial charge in [0, 0.05) is 5.56 Å². The molecule has 2 aromatic rings. The van der Waals surface area contributed by atoms with E-state index in [1.165, 1.54) is 11.8 Å². The van der Waals surface area contributed by atoms with E-state index in [1.807, 2.05) is 31.2 Å². The molecule has 0 saturated heterocycles. The molecule has 0 aliphatic heterocycles. The largest absolute Gasteiger partial charge is 0.213 e. The van der Waals surface area contributed by atoms with E-state index < -0.39 is 0 Å². The molecule has 0 N–H and O–H groups in total. The molecule has 0 aliphatic carbocycles. The van der Waals surface area contributed by atoms with E-state index in [-0.39, 0.29) is 0 Å². The maximum Gasteiger partial charge on any atom is 0.183 e. The molecule has 1 heterocycles. The minimum absolute atomic E-state index is 0.357. The zero-order chi connectivity index (χ0) is 9.97. The topological polar surface area (TPSA) is 38.7 Å². The minimum atomic E-state index is 0.357. The van der Waals surface area contributed by atoms with Crippen LogP contribution >= 0.6 is 11.6 Å². The highest BCUT2D eigenvalue weighted by atomic mass is 35.5. The third-order valence-electron chi connectivity index (χ3n) is 1.84. The Bertz CT molecular complexity index is 439. The van der Waals surface area contributed by atoms with Crippen LogP contribution in [0, 0.1) is 6.92 Å². The molecule has 70 valence electrons. The van der Waals surface area contributed by atoms with Crippen LogP contribution in [0.25, 0.3) is 11.4 Å². The van der Waals surface area contributed by atoms with E-state index >= 15 is 0 Å². The van der Waals surface area contributed by atoms with E-state index in [9.17, 15) is 0 Å². The Morgan fingerprint density at radius 3 is 2.50 bits per heavy atom. The Kier molecular flexibility index (Phi) is 2.41. The van der Waals surface area contributed by atoms with Crippen LogP contribution in [0.15, 0.2) is 30.5 Å². The van der Waals surface area contributed by atoms with E-state index in [2.05, 4.69) is 15.2 Å². The average molecular weight is 206 g/mol. The van der Waals surface area contributed by atoms with Crippen molar-refractivity contribution in [1.82, 2.24) is 15.2 Å². The van der Waals surface area contributed by atoms with Gasteiger partial charge in [0.2, 0.25) is 0 Å². The van der Waals surface area contributed by atoms with E-state index in [0.717, 1.165) is 5.56 Å². The first-order chi connectivity index (χ1) is 6.75. The van der Waals surface area contributed by atoms with Gasteiger partial charge in [-0.1, -0.05) is 41.4 Å². The normalized spacial score (nSPS) is 10.1. The first kappa shape index (κ1) is 9.09. The lowest BCUT2D eigenvalue weighted by atomic mass is 10.1. The van der Waals surface area contributed by atoms with Gasteiger partial charge in [-0.3, -0.25) is 0 Å². The molecule has 1 aromatic carbocycles. The number of rotatable bonds is 1. The first-order valence-corrected chi connectivity index (χ1v) is 4.56. The van der Waals surface area contributed by atoms with Gasteiger partial charge in [-0.25, -0.2) is 4.98 Å². The number of halogens is 1. The van der Waals surface area contributed by atoms with Crippen LogP contribution < -0.4 is 0 Å². The second-order valence-electron chi connectivity index (χ2n) is 2.97. The van der Waals surface area contributed by atoms with Crippen molar-refractivity contribution in [2.75, 3.05) is 0 Å². The average Bonchev–Trinajstić information content (AvgIpc) is 2.19. The molecule has 0 saturated carbocycles. The molecule has 0 aliphatic rings. The third-order valence-corrected chi connectivity index (χ3v) is 2.02. The first-order valence-electron chi connectivity index (χ1n) is 4.18. The molecule has 0 amide bonds. The van der Waals surface area contributed by atoms with Gasteiger partial charge in [-0.15, -0.1) is 5.10 Å². The summed E-state index contributed by atoms with van der Waals surface area (Å²) >= 11 is 5.71. The number of hydrogen-bond donors (Lipinski definition) is 0. The lowest BCUT2D eigenvalue weighted by Gasteiger charge is -1.99. The number of aromatic nitrogens is 3. The summed E-state index contributed by atoms with van der Waals surface area (Å²) in [6.07, 6.45) is 1.42. The zero-order valence-electron chi connectivity index (χ0n) is 7.61. The van der Waals surface area contributed by atoms with Crippen molar-refractivity contribution in [3.63, 3.8) is 0 Å². The Morgan fingerprint density at radius 1 is 1.14 bits per heavy atom. The Balaban J connectivity index is 2.44. The summed E-state index contributed by atoms with van der Waals surface area (Å²) in [4.78, 5) is 4.06. The molecule has 0 radical (unpaired) electrons. The van der Waals surface area contributed by atoms with Crippen LogP contribution in [0.1, 0.15) is 5.56 Å². The highest BCUT2D eigenvalue weighted by Gasteiger charge is 2.01. The quantitative estimate of drug-likeness (QED) is 0.718. The lowest BCUT2D eigenvalue weighted by Crippen LogP contribution is -1.91. The molecule has 0 atom stereocenters. The fourth-order valence-electron chi connectivity index (χ4n) is 1.11. The van der Waals surface area contributed by atoms with Crippen LogP contribution in [0.4, 0.5) is 0 Å². The summed E-state index contributed by atoms with van der Waals surface area (Å²) in [6, 6.07) is 7.89. The second kappa shape index (κ2) is 3.72. The Hall–Kier alpha value is -1.48. The van der Waals surface area contributed by atoms with Gasteiger partial charge in [0.15, 0.2) is 11.0 Å². The Morgan fingerprint density at radius 2 is 1.86 bits per heavy atom. The predicted octanol–water partition coefficient (Wildman–Crippen LogP) is 2.50. The van der Waals surface area contributed by atoms with Crippen molar-refractivity contribution < 1.29 is 0 Å². The molecular formula is C10H8ClN3. The number of aryl methyl sites for hydroxylation is 1. The molecule has 0 spiro atoms. The Labute approximate surface area is 86.8 Å². The van der Waals surface area contributed by atoms with E-state index in [0.29, 0.717) is 11.0 Å². The van der Waals surface area contributed by atoms with Crippen molar-refractivity contribution in [2.45, 2.75) is 6.92 Å². The van der Waals surface area contributed by atoms with Gasteiger partial charge in [-0.2, -0.15) is 5.10 Å². The molecule has 3 nitrogen and oxygen atoms in total. The molecule has 1 aromatic heterocycles. The smallest absolute Gasteiger partial charge is 0.183 e. The molecule has 0 fully saturated rings. The molecular weight excluding hydrogens is 198 g/mol. The lowest BCUT2D eigenvalue weighted by molar-refractivity contribution is 0.980. The fraction of sp³-hybridized carbons (Fsp3) is 0.100. The number of nitrogens with zero attached hydrogens (tertiary/aromatic N) is 3. The monoisotopic (exact) mass is 205 g/mol. The molecule has 4 heteroatoms. The van der Waals surface area contributed by atoms with Gasteiger partial charge >= 0.3 is 0 Å². The van der Waals surface area contributed by atoms with Crippen molar-refractivity contribution in [1.29, 1.82) is 0 Å². The summed E-state index contributed by atoms with van der Waals surface area (Å²) in [7, 11) is 0. The van der Waals surface area contributed by atoms with Gasteiger partial charge < -0.3 is 0 Å². The van der Waals surface area contributed by atoms with Gasteiger partial charge in [-0.05, 0) is 6.92 Å². The highest BCUT2D eigenvalue weighted by Crippen LogP contribution is 2.15. The van der Waals surface area contributed by atoms with Gasteiger partial charge in [0.25, 0.3) is 0 Å². The number of hydrogen-bond acceptors (Lipinski definition) is 3. The minimum Gasteiger partial charge on any atom is -0.213 e. The summed E-state index contributed by atoms with van der Waals surface area (Å²) in [5, 5.41) is 7.99. The van der Waals surface area contributed by atoms with Crippen molar-refractivity contribution in [3.05, 3.63) is 41.2 Å². The molecule has 0 bridgehead atoms. The van der Waals surface area contributed by atoms with Crippen LogP contribution in [-0.4, -0.2) is 15.2 Å². The van der Waals surface area contributed by atoms with Gasteiger partial charge in [0.1, 0.15) is 0 Å². The summed E-state index contributed by atoms with van der Waals surface area (Å²) in [6.45, 7) is 2.03. The SMILES string of the molecule is Cc1ccc(-c2nncc(Cl)n2)cc1. The van der Waals surface area contributed by atoms with Crippen LogP contribution in [0.5, 0.6) is 0 Å². The fourth-order valence-corrected chi connectivity index (χ4v) is 1.23. The standard InChI is InChI=1S/C10H8ClN3/c1-7-2-4-8(5-3-7)10-13-9(11)6-12-14-10/h2-6H,1H3. The van der Waals surface area contributed by atoms with E-state index in [1.54, 1.807) is 0 Å². The summed E-state index contributed by atoms with van der Waals surface area (Å²) < 4.78 is 0. The van der Waals surface area contributed by atoms with Gasteiger partial charge in [0.05, 0.1) is 6.20 Å². The predicted molar refractivity (Wildman–Crippen MR) is 55.0 cm³/mol. The van der Waals surface area contributed by atoms with Crippen LogP contribution in [-0.2, 0) is 0 Å². The van der Waals surface area contributed by atoms with Crippen LogP contribution in [0.2, 0.25) is 5.15 Å². The van der Waals surface area contributed by atoms with E-state index in [4.69, 9.17) is 11.6 Å². The van der Waals surface area contributed by atoms with Crippen LogP contribution in [0.3, 0.4) is 0 Å². The summed E-state index contributed by atoms with van der Waals surface area (Å²) in [5.74, 6) is 0.553. The van der Waals surface area contributed by atoms with Crippen molar-refractivity contribution in [3.8, 4) is 11.4 Å². The maximum absolute atomic E-state index is 5.71. The molecule has 0 unspecified atom stereocenters. The third kappa shape index (κ3) is 1.88. The van der Waals surface area contributed by atoms with Crippen molar-refractivity contribution in [2.24, 2.45) is 0 Å². The maximum atomic E-state index is 5.71. The number of benzene rings is 1. The van der Waals surface area contributed by atoms with Crippen molar-refractivity contribution >= 4 is 11.6 Å². The molecule has 14 heavy (non-hydrogen) atoms. The molecule has 2 rings (SSSR count). The zero-order valence-corrected chi connectivity index (χ0v) is 8.36. The highest BCUT2D eigenvalue weighted by molar-refractivity contribution is 6.29. The second-order valence-corrected chi connectivity index (χ2v) is 3.36. The summed E-state index contributed by atoms with van der Waals surface area (Å²) in [5.41, 5.74) is 2.12.